The largest absolute Gasteiger partial charge is 0.357 e. The first-order valence-corrected chi connectivity index (χ1v) is 13.7. The standard InChI is InChI=1S/C28H32N4O2S2/c1-5-12-31-25(30-13-10-19(3)11-14-30)22(20(4)23(16-29)26(31)33)15-24-27(34)32(28(35)36-24)17-21-8-6-18(2)7-9-21/h6-9,15,19H,5,10-14,17H2,1-4H3/b24-15-. The molecular formula is C28H32N4O2S2. The maximum atomic E-state index is 13.5. The Morgan fingerprint density at radius 3 is 2.44 bits per heavy atom. The van der Waals surface area contributed by atoms with E-state index in [2.05, 4.69) is 17.9 Å². The lowest BCUT2D eigenvalue weighted by Crippen LogP contribution is -2.39. The third-order valence-electron chi connectivity index (χ3n) is 6.99. The van der Waals surface area contributed by atoms with Crippen LogP contribution in [0.4, 0.5) is 5.82 Å². The molecule has 2 saturated heterocycles. The smallest absolute Gasteiger partial charge is 0.270 e. The van der Waals surface area contributed by atoms with E-state index in [1.165, 1.54) is 11.8 Å². The van der Waals surface area contributed by atoms with Crippen LogP contribution in [0.15, 0.2) is 34.0 Å². The molecule has 1 amide bonds. The Morgan fingerprint density at radius 1 is 1.17 bits per heavy atom. The van der Waals surface area contributed by atoms with Gasteiger partial charge in [-0.3, -0.25) is 19.1 Å². The number of pyridine rings is 1. The van der Waals surface area contributed by atoms with Crippen molar-refractivity contribution >= 4 is 46.1 Å². The molecule has 0 unspecified atom stereocenters. The maximum absolute atomic E-state index is 13.5. The molecule has 2 aromatic rings. The number of amides is 1. The summed E-state index contributed by atoms with van der Waals surface area (Å²) in [6, 6.07) is 10.2. The second-order valence-electron chi connectivity index (χ2n) is 9.73. The van der Waals surface area contributed by atoms with E-state index < -0.39 is 0 Å². The fourth-order valence-electron chi connectivity index (χ4n) is 4.78. The number of carbonyl (C=O) groups is 1. The summed E-state index contributed by atoms with van der Waals surface area (Å²) in [6.07, 6.45) is 4.70. The van der Waals surface area contributed by atoms with Crippen molar-refractivity contribution in [2.45, 2.75) is 60.0 Å². The summed E-state index contributed by atoms with van der Waals surface area (Å²) >= 11 is 6.87. The molecule has 36 heavy (non-hydrogen) atoms. The number of benzene rings is 1. The quantitative estimate of drug-likeness (QED) is 0.376. The highest BCUT2D eigenvalue weighted by Crippen LogP contribution is 2.37. The summed E-state index contributed by atoms with van der Waals surface area (Å²) < 4.78 is 2.25. The number of carbonyl (C=O) groups excluding carboxylic acids is 1. The monoisotopic (exact) mass is 520 g/mol. The van der Waals surface area contributed by atoms with Crippen LogP contribution in [0.3, 0.4) is 0 Å². The summed E-state index contributed by atoms with van der Waals surface area (Å²) in [4.78, 5) is 31.2. The molecule has 1 aromatic carbocycles. The van der Waals surface area contributed by atoms with Gasteiger partial charge < -0.3 is 4.90 Å². The molecule has 0 spiro atoms. The molecule has 0 aliphatic carbocycles. The second-order valence-corrected chi connectivity index (χ2v) is 11.4. The Bertz CT molecular complexity index is 1310. The van der Waals surface area contributed by atoms with Crippen molar-refractivity contribution < 1.29 is 4.79 Å². The minimum Gasteiger partial charge on any atom is -0.357 e. The van der Waals surface area contributed by atoms with Gasteiger partial charge in [0.2, 0.25) is 0 Å². The molecule has 0 saturated carbocycles. The highest BCUT2D eigenvalue weighted by atomic mass is 32.2. The van der Waals surface area contributed by atoms with Crippen molar-refractivity contribution in [1.29, 1.82) is 5.26 Å². The number of anilines is 1. The van der Waals surface area contributed by atoms with Gasteiger partial charge in [0.15, 0.2) is 0 Å². The zero-order valence-corrected chi connectivity index (χ0v) is 23.0. The van der Waals surface area contributed by atoms with Crippen LogP contribution in [-0.4, -0.2) is 32.8 Å². The van der Waals surface area contributed by atoms with Crippen molar-refractivity contribution in [2.75, 3.05) is 18.0 Å². The first-order valence-electron chi connectivity index (χ1n) is 12.5. The summed E-state index contributed by atoms with van der Waals surface area (Å²) in [5.41, 5.74) is 3.45. The molecule has 2 fully saturated rings. The van der Waals surface area contributed by atoms with Crippen LogP contribution in [-0.2, 0) is 17.9 Å². The van der Waals surface area contributed by atoms with Crippen LogP contribution >= 0.6 is 24.0 Å². The molecule has 3 heterocycles. The van der Waals surface area contributed by atoms with Gasteiger partial charge in [0, 0.05) is 25.2 Å². The van der Waals surface area contributed by atoms with Crippen LogP contribution in [0.1, 0.15) is 60.9 Å². The summed E-state index contributed by atoms with van der Waals surface area (Å²) in [7, 11) is 0. The molecule has 0 bridgehead atoms. The Hall–Kier alpha value is -2.89. The van der Waals surface area contributed by atoms with Gasteiger partial charge >= 0.3 is 0 Å². The van der Waals surface area contributed by atoms with Crippen molar-refractivity contribution in [2.24, 2.45) is 5.92 Å². The summed E-state index contributed by atoms with van der Waals surface area (Å²) in [5, 5.41) is 9.83. The highest BCUT2D eigenvalue weighted by molar-refractivity contribution is 8.26. The van der Waals surface area contributed by atoms with Gasteiger partial charge in [0.25, 0.3) is 11.5 Å². The molecular weight excluding hydrogens is 488 g/mol. The van der Waals surface area contributed by atoms with Gasteiger partial charge in [-0.05, 0) is 56.2 Å². The predicted octanol–water partition coefficient (Wildman–Crippen LogP) is 5.38. The third kappa shape index (κ3) is 5.14. The van der Waals surface area contributed by atoms with Gasteiger partial charge in [-0.15, -0.1) is 0 Å². The number of thiocarbonyl (C=S) groups is 1. The lowest BCUT2D eigenvalue weighted by Gasteiger charge is -2.35. The van der Waals surface area contributed by atoms with Crippen molar-refractivity contribution in [3.63, 3.8) is 0 Å². The first-order chi connectivity index (χ1) is 17.2. The Balaban J connectivity index is 1.80. The second kappa shape index (κ2) is 11.0. The predicted molar refractivity (Wildman–Crippen MR) is 151 cm³/mol. The minimum atomic E-state index is -0.255. The Labute approximate surface area is 222 Å². The number of thioether (sulfide) groups is 1. The number of rotatable bonds is 6. The van der Waals surface area contributed by atoms with Gasteiger partial charge in [-0.1, -0.05) is 67.7 Å². The number of piperidine rings is 1. The maximum Gasteiger partial charge on any atom is 0.270 e. The number of nitrogens with zero attached hydrogens (tertiary/aromatic N) is 4. The van der Waals surface area contributed by atoms with E-state index in [0.29, 0.717) is 33.8 Å². The van der Waals surface area contributed by atoms with E-state index in [0.717, 1.165) is 54.9 Å². The number of aromatic nitrogens is 1. The fraction of sp³-hybridized carbons (Fsp3) is 0.429. The summed E-state index contributed by atoms with van der Waals surface area (Å²) in [5.74, 6) is 1.30. The van der Waals surface area contributed by atoms with Crippen LogP contribution in [0.5, 0.6) is 0 Å². The van der Waals surface area contributed by atoms with Crippen LogP contribution in [0.2, 0.25) is 0 Å². The van der Waals surface area contributed by atoms with Gasteiger partial charge in [0.1, 0.15) is 21.8 Å². The highest BCUT2D eigenvalue weighted by Gasteiger charge is 2.33. The van der Waals surface area contributed by atoms with Gasteiger partial charge in [0.05, 0.1) is 11.4 Å². The van der Waals surface area contributed by atoms with Crippen molar-refractivity contribution in [3.8, 4) is 6.07 Å². The summed E-state index contributed by atoms with van der Waals surface area (Å²) in [6.45, 7) is 10.7. The molecule has 2 aliphatic heterocycles. The Morgan fingerprint density at radius 2 is 1.83 bits per heavy atom. The lowest BCUT2D eigenvalue weighted by molar-refractivity contribution is -0.122. The number of hydrogen-bond donors (Lipinski definition) is 0. The average Bonchev–Trinajstić information content (AvgIpc) is 3.12. The number of nitriles is 1. The van der Waals surface area contributed by atoms with E-state index >= 15 is 0 Å². The molecule has 188 valence electrons. The van der Waals surface area contributed by atoms with E-state index in [4.69, 9.17) is 12.2 Å². The van der Waals surface area contributed by atoms with E-state index in [-0.39, 0.29) is 17.0 Å². The van der Waals surface area contributed by atoms with Gasteiger partial charge in [-0.25, -0.2) is 0 Å². The van der Waals surface area contributed by atoms with E-state index in [1.807, 2.05) is 51.1 Å². The Kier molecular flexibility index (Phi) is 8.01. The van der Waals surface area contributed by atoms with Crippen molar-refractivity contribution in [1.82, 2.24) is 9.47 Å². The zero-order valence-electron chi connectivity index (χ0n) is 21.3. The molecule has 0 N–H and O–H groups in total. The molecule has 6 nitrogen and oxygen atoms in total. The lowest BCUT2D eigenvalue weighted by atomic mass is 9.97. The van der Waals surface area contributed by atoms with E-state index in [1.54, 1.807) is 9.47 Å². The minimum absolute atomic E-state index is 0.138. The van der Waals surface area contributed by atoms with Crippen LogP contribution < -0.4 is 10.5 Å². The van der Waals surface area contributed by atoms with Crippen LogP contribution in [0.25, 0.3) is 6.08 Å². The zero-order chi connectivity index (χ0) is 26.0. The number of aryl methyl sites for hydroxylation is 1. The van der Waals surface area contributed by atoms with Crippen LogP contribution in [0, 0.1) is 31.1 Å². The number of hydrogen-bond acceptors (Lipinski definition) is 6. The third-order valence-corrected chi connectivity index (χ3v) is 8.36. The molecule has 0 atom stereocenters. The average molecular weight is 521 g/mol. The molecule has 1 aromatic heterocycles. The topological polar surface area (TPSA) is 69.3 Å². The molecule has 4 rings (SSSR count). The van der Waals surface area contributed by atoms with E-state index in [9.17, 15) is 14.9 Å². The normalized spacial score (nSPS) is 17.8. The first kappa shape index (κ1) is 26.2. The molecule has 2 aliphatic rings. The fourth-order valence-corrected chi connectivity index (χ4v) is 6.02. The molecule has 8 heteroatoms. The SMILES string of the molecule is CCCn1c(N2CCC(C)CC2)c(/C=C2\SC(=S)N(Cc3ccc(C)cc3)C2=O)c(C)c(C#N)c1=O. The molecule has 0 radical (unpaired) electrons. The van der Waals surface area contributed by atoms with Gasteiger partial charge in [-0.2, -0.15) is 5.26 Å². The van der Waals surface area contributed by atoms with Crippen molar-refractivity contribution in [3.05, 3.63) is 67.3 Å².